The second-order valence-electron chi connectivity index (χ2n) is 10.7. The van der Waals surface area contributed by atoms with Crippen LogP contribution in [0.25, 0.3) is 33.5 Å². The highest BCUT2D eigenvalue weighted by Gasteiger charge is 2.43. The number of hydrogen-bond acceptors (Lipinski definition) is 8. The van der Waals surface area contributed by atoms with E-state index in [0.29, 0.717) is 28.5 Å². The summed E-state index contributed by atoms with van der Waals surface area (Å²) in [7, 11) is 1.25. The zero-order chi connectivity index (χ0) is 31.4. The van der Waals surface area contributed by atoms with Crippen LogP contribution in [0.5, 0.6) is 5.88 Å². The van der Waals surface area contributed by atoms with E-state index in [1.807, 2.05) is 12.1 Å². The summed E-state index contributed by atoms with van der Waals surface area (Å²) in [5.74, 6) is -0.806. The molecule has 232 valence electrons. The van der Waals surface area contributed by atoms with E-state index in [0.717, 1.165) is 37.8 Å². The van der Waals surface area contributed by atoms with Gasteiger partial charge in [0.05, 0.1) is 25.3 Å². The highest BCUT2D eigenvalue weighted by atomic mass is 19.4. The second-order valence-corrected chi connectivity index (χ2v) is 10.7. The zero-order valence-corrected chi connectivity index (χ0v) is 24.2. The van der Waals surface area contributed by atoms with Gasteiger partial charge >= 0.3 is 12.1 Å². The first-order valence-electron chi connectivity index (χ1n) is 14.4. The molecule has 1 aliphatic heterocycles. The van der Waals surface area contributed by atoms with Crippen LogP contribution < -0.4 is 10.5 Å². The number of allylic oxidation sites excluding steroid dienone is 1. The summed E-state index contributed by atoms with van der Waals surface area (Å²) in [6.07, 6.45) is 0.763. The Balaban J connectivity index is 1.44. The molecule has 3 heterocycles. The smallest absolute Gasteiger partial charge is 0.416 e. The lowest BCUT2D eigenvalue weighted by molar-refractivity contribution is -0.151. The first kappa shape index (κ1) is 31.0. The van der Waals surface area contributed by atoms with Gasteiger partial charge in [0.2, 0.25) is 11.5 Å². The topological polar surface area (TPSA) is 121 Å². The number of rotatable bonds is 11. The fourth-order valence-corrected chi connectivity index (χ4v) is 5.39. The summed E-state index contributed by atoms with van der Waals surface area (Å²) in [5.41, 5.74) is 6.94. The summed E-state index contributed by atoms with van der Waals surface area (Å²) in [6.45, 7) is 3.76. The molecule has 44 heavy (non-hydrogen) atoms. The number of amides is 1. The highest BCUT2D eigenvalue weighted by Crippen LogP contribution is 2.37. The minimum atomic E-state index is -4.49. The molecule has 2 aromatic heterocycles. The van der Waals surface area contributed by atoms with Crippen LogP contribution in [-0.4, -0.2) is 58.6 Å². The molecule has 0 spiro atoms. The van der Waals surface area contributed by atoms with Gasteiger partial charge in [0.25, 0.3) is 5.88 Å². The van der Waals surface area contributed by atoms with Crippen LogP contribution in [0.4, 0.5) is 13.2 Å². The molecule has 2 N–H and O–H groups in total. The lowest BCUT2D eigenvalue weighted by atomic mass is 10.1. The Labute approximate surface area is 251 Å². The molecule has 2 aromatic carbocycles. The average molecular weight is 611 g/mol. The average Bonchev–Trinajstić information content (AvgIpc) is 3.61. The number of esters is 1. The number of unbranched alkanes of at least 4 members (excludes halogenated alkanes) is 3. The highest BCUT2D eigenvalue weighted by molar-refractivity contribution is 6.04. The number of carbonyl (C=O) groups excluding carboxylic acids is 2. The van der Waals surface area contributed by atoms with Crippen LogP contribution in [-0.2, 0) is 20.5 Å². The molecule has 0 saturated carbocycles. The van der Waals surface area contributed by atoms with Crippen molar-refractivity contribution in [3.05, 3.63) is 66.7 Å². The number of nitrogens with zero attached hydrogens (tertiary/aromatic N) is 3. The minimum absolute atomic E-state index is 0.0375. The van der Waals surface area contributed by atoms with Crippen molar-refractivity contribution in [2.24, 2.45) is 5.73 Å². The van der Waals surface area contributed by atoms with Crippen LogP contribution >= 0.6 is 0 Å². The molecule has 9 nitrogen and oxygen atoms in total. The Hall–Kier alpha value is -4.45. The third kappa shape index (κ3) is 6.54. The van der Waals surface area contributed by atoms with E-state index in [-0.39, 0.29) is 36.2 Å². The lowest BCUT2D eigenvalue weighted by Gasteiger charge is -2.25. The number of fused-ring (bicyclic) bond motifs is 3. The summed E-state index contributed by atoms with van der Waals surface area (Å²) in [4.78, 5) is 36.6. The van der Waals surface area contributed by atoms with Crippen LogP contribution in [0.3, 0.4) is 0 Å². The maximum absolute atomic E-state index is 13.4. The predicted molar refractivity (Wildman–Crippen MR) is 158 cm³/mol. The number of para-hydroxylation sites is 1. The van der Waals surface area contributed by atoms with Crippen molar-refractivity contribution in [1.29, 1.82) is 0 Å². The van der Waals surface area contributed by atoms with Crippen molar-refractivity contribution in [2.45, 2.75) is 62.9 Å². The van der Waals surface area contributed by atoms with E-state index in [2.05, 4.69) is 16.5 Å². The van der Waals surface area contributed by atoms with E-state index in [1.165, 1.54) is 24.1 Å². The van der Waals surface area contributed by atoms with Gasteiger partial charge in [-0.2, -0.15) is 18.2 Å². The molecule has 1 fully saturated rings. The number of hydrogen-bond donors (Lipinski definition) is 1. The van der Waals surface area contributed by atoms with Crippen molar-refractivity contribution in [2.75, 3.05) is 13.7 Å². The first-order valence-corrected chi connectivity index (χ1v) is 14.4. The normalized spacial score (nSPS) is 17.6. The molecule has 1 aliphatic rings. The monoisotopic (exact) mass is 610 g/mol. The first-order chi connectivity index (χ1) is 21.1. The number of carbonyl (C=O) groups is 2. The predicted octanol–water partition coefficient (Wildman–Crippen LogP) is 6.05. The van der Waals surface area contributed by atoms with Gasteiger partial charge in [-0.05, 0) is 43.5 Å². The van der Waals surface area contributed by atoms with Crippen LogP contribution in [0, 0.1) is 0 Å². The number of ether oxygens (including phenoxy) is 2. The fraction of sp³-hybridized carbons (Fsp3) is 0.375. The molecule has 4 aromatic rings. The summed E-state index contributed by atoms with van der Waals surface area (Å²) in [6, 6.07) is 9.94. The maximum Gasteiger partial charge on any atom is 0.416 e. The molecule has 1 saturated heterocycles. The zero-order valence-electron chi connectivity index (χ0n) is 24.2. The van der Waals surface area contributed by atoms with Gasteiger partial charge in [-0.15, -0.1) is 6.58 Å². The summed E-state index contributed by atoms with van der Waals surface area (Å²) in [5, 5.41) is 0.664. The summed E-state index contributed by atoms with van der Waals surface area (Å²) < 4.78 is 56.8. The van der Waals surface area contributed by atoms with Crippen molar-refractivity contribution in [3.63, 3.8) is 0 Å². The van der Waals surface area contributed by atoms with E-state index in [4.69, 9.17) is 19.6 Å². The Morgan fingerprint density at radius 3 is 2.59 bits per heavy atom. The number of alkyl halides is 3. The minimum Gasteiger partial charge on any atom is -0.470 e. The van der Waals surface area contributed by atoms with Crippen molar-refractivity contribution < 1.29 is 36.7 Å². The standard InChI is InChI=1S/C32H33F3N4O5/c1-3-4-5-6-7-11-23(36)30(40)39-18-21(17-24(39)31(41)42-2)43-29-27-26(22-10-8-9-12-25(22)44-27)37-28(38-29)19-13-15-20(16-14-19)32(33,34)35/h3,8-10,12-16,21,23-24H,1,4-7,11,17-18,36H2,2H3/t21?,23-,24-/m0/s1. The molecule has 3 atom stereocenters. The molecule has 1 unspecified atom stereocenters. The van der Waals surface area contributed by atoms with Gasteiger partial charge in [0.15, 0.2) is 5.82 Å². The van der Waals surface area contributed by atoms with E-state index < -0.39 is 35.9 Å². The number of halogens is 3. The maximum atomic E-state index is 13.4. The Morgan fingerprint density at radius 2 is 1.89 bits per heavy atom. The molecule has 1 amide bonds. The SMILES string of the molecule is C=CCCCCC[C@H](N)C(=O)N1CC(Oc2nc(-c3ccc(C(F)(F)F)cc3)nc3c2oc2ccccc23)C[C@H]1C(=O)OC. The van der Waals surface area contributed by atoms with Crippen LogP contribution in [0.1, 0.15) is 44.1 Å². The molecular weight excluding hydrogens is 577 g/mol. The molecule has 0 aliphatic carbocycles. The number of furan rings is 1. The van der Waals surface area contributed by atoms with E-state index >= 15 is 0 Å². The van der Waals surface area contributed by atoms with Gasteiger partial charge < -0.3 is 24.5 Å². The Morgan fingerprint density at radius 1 is 1.14 bits per heavy atom. The molecule has 0 bridgehead atoms. The van der Waals surface area contributed by atoms with Gasteiger partial charge in [0.1, 0.15) is 23.2 Å². The van der Waals surface area contributed by atoms with E-state index in [9.17, 15) is 22.8 Å². The number of likely N-dealkylation sites (tertiary alicyclic amines) is 1. The van der Waals surface area contributed by atoms with E-state index in [1.54, 1.807) is 18.2 Å². The van der Waals surface area contributed by atoms with Gasteiger partial charge in [-0.25, -0.2) is 9.78 Å². The largest absolute Gasteiger partial charge is 0.470 e. The molecule has 0 radical (unpaired) electrons. The summed E-state index contributed by atoms with van der Waals surface area (Å²) >= 11 is 0. The molecular formula is C32H33F3N4O5. The fourth-order valence-electron chi connectivity index (χ4n) is 5.39. The number of benzene rings is 2. The van der Waals surface area contributed by atoms with Gasteiger partial charge in [-0.1, -0.05) is 43.2 Å². The molecule has 5 rings (SSSR count). The number of methoxy groups -OCH3 is 1. The van der Waals surface area contributed by atoms with Crippen LogP contribution in [0.15, 0.2) is 65.6 Å². The van der Waals surface area contributed by atoms with Crippen molar-refractivity contribution in [3.8, 4) is 17.3 Å². The third-order valence-corrected chi connectivity index (χ3v) is 7.70. The molecule has 12 heteroatoms. The number of aromatic nitrogens is 2. The van der Waals surface area contributed by atoms with Gasteiger partial charge in [-0.3, -0.25) is 4.79 Å². The second kappa shape index (κ2) is 13.0. The van der Waals surface area contributed by atoms with Crippen molar-refractivity contribution >= 4 is 33.9 Å². The Kier molecular flexibility index (Phi) is 9.19. The Bertz CT molecular complexity index is 1650. The van der Waals surface area contributed by atoms with Crippen LogP contribution in [0.2, 0.25) is 0 Å². The lowest BCUT2D eigenvalue weighted by Crippen LogP contribution is -2.49. The number of nitrogens with two attached hydrogens (primary N) is 1. The van der Waals surface area contributed by atoms with Gasteiger partial charge in [0, 0.05) is 17.4 Å². The third-order valence-electron chi connectivity index (χ3n) is 7.70. The quantitative estimate of drug-likeness (QED) is 0.124. The van der Waals surface area contributed by atoms with Crippen molar-refractivity contribution in [1.82, 2.24) is 14.9 Å².